The van der Waals surface area contributed by atoms with E-state index in [0.717, 1.165) is 29.8 Å². The minimum absolute atomic E-state index is 0.435. The molecule has 0 fully saturated rings. The fourth-order valence-electron chi connectivity index (χ4n) is 2.12. The number of aromatic nitrogens is 3. The minimum atomic E-state index is -0.435. The third-order valence-electron chi connectivity index (χ3n) is 3.07. The number of likely N-dealkylation sites (N-methyl/N-ethyl adjacent to an activating group) is 1. The van der Waals surface area contributed by atoms with Crippen molar-refractivity contribution < 1.29 is 4.42 Å². The number of rotatable bonds is 4. The predicted octanol–water partition coefficient (Wildman–Crippen LogP) is 1.27. The van der Waals surface area contributed by atoms with E-state index in [0.29, 0.717) is 11.1 Å². The number of hydrogen-bond acceptors (Lipinski definition) is 4. The zero-order valence-electron chi connectivity index (χ0n) is 10.5. The van der Waals surface area contributed by atoms with Gasteiger partial charge in [0, 0.05) is 24.2 Å². The molecule has 6 heteroatoms. The van der Waals surface area contributed by atoms with Crippen molar-refractivity contribution in [2.45, 2.75) is 6.42 Å². The first-order valence-electron chi connectivity index (χ1n) is 6.08. The van der Waals surface area contributed by atoms with Crippen LogP contribution in [0.15, 0.2) is 33.6 Å². The zero-order valence-corrected chi connectivity index (χ0v) is 10.5. The van der Waals surface area contributed by atoms with E-state index in [-0.39, 0.29) is 0 Å². The van der Waals surface area contributed by atoms with Gasteiger partial charge in [0.25, 0.3) is 0 Å². The summed E-state index contributed by atoms with van der Waals surface area (Å²) in [6.07, 6.45) is 2.66. The molecular formula is C13H14N4O2. The first-order chi connectivity index (χ1) is 9.28. The van der Waals surface area contributed by atoms with E-state index in [4.69, 9.17) is 4.42 Å². The number of H-pyrrole nitrogens is 2. The molecule has 0 spiro atoms. The molecule has 3 N–H and O–H groups in total. The Morgan fingerprint density at radius 2 is 2.32 bits per heavy atom. The Bertz CT molecular complexity index is 753. The molecule has 0 aliphatic heterocycles. The van der Waals surface area contributed by atoms with Gasteiger partial charge in [0.05, 0.1) is 11.7 Å². The summed E-state index contributed by atoms with van der Waals surface area (Å²) in [6, 6.07) is 5.61. The monoisotopic (exact) mass is 258 g/mol. The highest BCUT2D eigenvalue weighted by molar-refractivity contribution is 5.80. The number of nitrogens with zero attached hydrogens (tertiary/aromatic N) is 1. The fourth-order valence-corrected chi connectivity index (χ4v) is 2.12. The van der Waals surface area contributed by atoms with Gasteiger partial charge in [0.1, 0.15) is 0 Å². The molecule has 0 aliphatic carbocycles. The Labute approximate surface area is 108 Å². The van der Waals surface area contributed by atoms with Crippen LogP contribution in [0.3, 0.4) is 0 Å². The van der Waals surface area contributed by atoms with E-state index in [1.807, 2.05) is 19.2 Å². The fraction of sp³-hybridized carbons (Fsp3) is 0.231. The van der Waals surface area contributed by atoms with E-state index in [2.05, 4.69) is 20.5 Å². The molecule has 19 heavy (non-hydrogen) atoms. The van der Waals surface area contributed by atoms with Gasteiger partial charge >= 0.3 is 5.76 Å². The molecule has 2 aromatic heterocycles. The number of nitrogens with one attached hydrogen (secondary N) is 3. The van der Waals surface area contributed by atoms with Crippen molar-refractivity contribution in [3.63, 3.8) is 0 Å². The van der Waals surface area contributed by atoms with Crippen LogP contribution in [0.1, 0.15) is 5.69 Å². The van der Waals surface area contributed by atoms with Gasteiger partial charge in [-0.3, -0.25) is 10.1 Å². The average molecular weight is 258 g/mol. The molecular weight excluding hydrogens is 244 g/mol. The summed E-state index contributed by atoms with van der Waals surface area (Å²) >= 11 is 0. The Morgan fingerprint density at radius 1 is 1.42 bits per heavy atom. The van der Waals surface area contributed by atoms with Gasteiger partial charge in [-0.2, -0.15) is 5.10 Å². The van der Waals surface area contributed by atoms with E-state index in [9.17, 15) is 4.79 Å². The molecule has 0 radical (unpaired) electrons. The smallest absolute Gasteiger partial charge is 0.408 e. The van der Waals surface area contributed by atoms with Gasteiger partial charge in [-0.1, -0.05) is 6.07 Å². The summed E-state index contributed by atoms with van der Waals surface area (Å²) in [7, 11) is 1.91. The van der Waals surface area contributed by atoms with Crippen LogP contribution in [0, 0.1) is 0 Å². The molecule has 6 nitrogen and oxygen atoms in total. The van der Waals surface area contributed by atoms with Gasteiger partial charge in [-0.05, 0) is 24.7 Å². The summed E-state index contributed by atoms with van der Waals surface area (Å²) in [6.45, 7) is 0.875. The summed E-state index contributed by atoms with van der Waals surface area (Å²) in [5.41, 5.74) is 4.38. The molecule has 98 valence electrons. The first-order valence-corrected chi connectivity index (χ1v) is 6.08. The Kier molecular flexibility index (Phi) is 2.92. The normalized spacial score (nSPS) is 11.2. The van der Waals surface area contributed by atoms with Crippen molar-refractivity contribution in [1.29, 1.82) is 0 Å². The number of fused-ring (bicyclic) bond motifs is 1. The highest BCUT2D eigenvalue weighted by Gasteiger charge is 2.09. The largest absolute Gasteiger partial charge is 0.417 e. The molecule has 0 amide bonds. The second kappa shape index (κ2) is 4.74. The van der Waals surface area contributed by atoms with Crippen molar-refractivity contribution in [3.8, 4) is 11.1 Å². The number of aromatic amines is 2. The van der Waals surface area contributed by atoms with Crippen molar-refractivity contribution >= 4 is 11.1 Å². The minimum Gasteiger partial charge on any atom is -0.408 e. The topological polar surface area (TPSA) is 86.7 Å². The van der Waals surface area contributed by atoms with Gasteiger partial charge < -0.3 is 9.73 Å². The highest BCUT2D eigenvalue weighted by atomic mass is 16.4. The maximum absolute atomic E-state index is 11.1. The first kappa shape index (κ1) is 11.7. The second-order valence-corrected chi connectivity index (χ2v) is 4.34. The van der Waals surface area contributed by atoms with Crippen molar-refractivity contribution in [3.05, 3.63) is 40.6 Å². The number of hydrogen-bond donors (Lipinski definition) is 3. The molecule has 1 aromatic carbocycles. The van der Waals surface area contributed by atoms with Crippen LogP contribution in [0.25, 0.3) is 22.2 Å². The van der Waals surface area contributed by atoms with E-state index in [1.165, 1.54) is 0 Å². The zero-order chi connectivity index (χ0) is 13.2. The molecule has 2 heterocycles. The third kappa shape index (κ3) is 2.17. The molecule has 0 aliphatic rings. The SMILES string of the molecule is CNCCc1[nH]ncc1-c1ccc2oc(=O)[nH]c2c1. The lowest BCUT2D eigenvalue weighted by Gasteiger charge is -2.03. The Balaban J connectivity index is 2.03. The van der Waals surface area contributed by atoms with Crippen molar-refractivity contribution in [1.82, 2.24) is 20.5 Å². The lowest BCUT2D eigenvalue weighted by molar-refractivity contribution is 0.555. The van der Waals surface area contributed by atoms with Gasteiger partial charge in [0.2, 0.25) is 0 Å². The summed E-state index contributed by atoms with van der Waals surface area (Å²) in [5, 5.41) is 10.2. The van der Waals surface area contributed by atoms with Crippen LogP contribution in [-0.4, -0.2) is 28.8 Å². The van der Waals surface area contributed by atoms with E-state index < -0.39 is 5.76 Å². The molecule has 0 unspecified atom stereocenters. The van der Waals surface area contributed by atoms with Crippen molar-refractivity contribution in [2.24, 2.45) is 0 Å². The summed E-state index contributed by atoms with van der Waals surface area (Å²) in [4.78, 5) is 13.8. The summed E-state index contributed by atoms with van der Waals surface area (Å²) < 4.78 is 4.99. The van der Waals surface area contributed by atoms with Crippen LogP contribution in [-0.2, 0) is 6.42 Å². The molecule has 0 atom stereocenters. The maximum Gasteiger partial charge on any atom is 0.417 e. The third-order valence-corrected chi connectivity index (χ3v) is 3.07. The van der Waals surface area contributed by atoms with Crippen LogP contribution in [0.4, 0.5) is 0 Å². The molecule has 0 bridgehead atoms. The lowest BCUT2D eigenvalue weighted by Crippen LogP contribution is -2.11. The van der Waals surface area contributed by atoms with Crippen LogP contribution < -0.4 is 11.1 Å². The average Bonchev–Trinajstić information content (AvgIpc) is 2.99. The van der Waals surface area contributed by atoms with Crippen LogP contribution >= 0.6 is 0 Å². The second-order valence-electron chi connectivity index (χ2n) is 4.34. The highest BCUT2D eigenvalue weighted by Crippen LogP contribution is 2.25. The predicted molar refractivity (Wildman–Crippen MR) is 72.0 cm³/mol. The quantitative estimate of drug-likeness (QED) is 0.657. The van der Waals surface area contributed by atoms with Gasteiger partial charge in [-0.25, -0.2) is 4.79 Å². The van der Waals surface area contributed by atoms with Gasteiger partial charge in [-0.15, -0.1) is 0 Å². The Hall–Kier alpha value is -2.34. The molecule has 0 saturated carbocycles. The number of benzene rings is 1. The van der Waals surface area contributed by atoms with Gasteiger partial charge in [0.15, 0.2) is 5.58 Å². The maximum atomic E-state index is 11.1. The van der Waals surface area contributed by atoms with E-state index in [1.54, 1.807) is 12.3 Å². The molecule has 3 rings (SSSR count). The van der Waals surface area contributed by atoms with Crippen LogP contribution in [0.2, 0.25) is 0 Å². The van der Waals surface area contributed by atoms with Crippen molar-refractivity contribution in [2.75, 3.05) is 13.6 Å². The Morgan fingerprint density at radius 3 is 3.16 bits per heavy atom. The van der Waals surface area contributed by atoms with Crippen LogP contribution in [0.5, 0.6) is 0 Å². The lowest BCUT2D eigenvalue weighted by atomic mass is 10.0. The number of oxazole rings is 1. The standard InChI is InChI=1S/C13H14N4O2/c1-14-5-4-10-9(7-15-17-10)8-2-3-12-11(6-8)16-13(18)19-12/h2-3,6-7,14H,4-5H2,1H3,(H,15,17)(H,16,18). The molecule has 3 aromatic rings. The summed E-state index contributed by atoms with van der Waals surface area (Å²) in [5.74, 6) is -0.435. The van der Waals surface area contributed by atoms with E-state index >= 15 is 0 Å². The molecule has 0 saturated heterocycles.